The van der Waals surface area contributed by atoms with Crippen LogP contribution in [0.5, 0.6) is 5.75 Å². The van der Waals surface area contributed by atoms with Gasteiger partial charge in [0.1, 0.15) is 17.5 Å². The number of amides is 2. The van der Waals surface area contributed by atoms with E-state index in [1.54, 1.807) is 4.90 Å². The minimum absolute atomic E-state index is 0.0489. The topological polar surface area (TPSA) is 82.9 Å². The van der Waals surface area contributed by atoms with E-state index in [2.05, 4.69) is 13.8 Å². The van der Waals surface area contributed by atoms with Gasteiger partial charge < -0.3 is 14.4 Å². The van der Waals surface area contributed by atoms with Crippen molar-refractivity contribution in [3.8, 4) is 23.1 Å². The summed E-state index contributed by atoms with van der Waals surface area (Å²) in [6.45, 7) is 11.0. The summed E-state index contributed by atoms with van der Waals surface area (Å²) >= 11 is 0. The van der Waals surface area contributed by atoms with E-state index in [-0.39, 0.29) is 24.0 Å². The highest BCUT2D eigenvalue weighted by atomic mass is 16.6. The molecule has 0 aliphatic carbocycles. The molecule has 2 aromatic carbocycles. The zero-order valence-electron chi connectivity index (χ0n) is 22.9. The maximum absolute atomic E-state index is 12.9. The van der Waals surface area contributed by atoms with Gasteiger partial charge in [0, 0.05) is 33.0 Å². The minimum atomic E-state index is -0.496. The highest BCUT2D eigenvalue weighted by molar-refractivity contribution is 5.85. The smallest absolute Gasteiger partial charge is 0.410 e. The predicted octanol–water partition coefficient (Wildman–Crippen LogP) is 6.20. The van der Waals surface area contributed by atoms with Crippen LogP contribution < -0.4 is 4.74 Å². The maximum atomic E-state index is 12.9. The largest absolute Gasteiger partial charge is 0.490 e. The lowest BCUT2D eigenvalue weighted by atomic mass is 9.87. The number of piperidine rings is 1. The van der Waals surface area contributed by atoms with E-state index in [0.29, 0.717) is 25.4 Å². The zero-order chi connectivity index (χ0) is 27.2. The van der Waals surface area contributed by atoms with Gasteiger partial charge >= 0.3 is 6.09 Å². The Morgan fingerprint density at radius 2 is 1.73 bits per heavy atom. The van der Waals surface area contributed by atoms with E-state index < -0.39 is 5.60 Å². The van der Waals surface area contributed by atoms with E-state index in [4.69, 9.17) is 9.47 Å². The summed E-state index contributed by atoms with van der Waals surface area (Å²) in [5.74, 6) is 0.560. The Morgan fingerprint density at radius 3 is 2.30 bits per heavy atom. The highest BCUT2D eigenvalue weighted by Gasteiger charge is 2.28. The van der Waals surface area contributed by atoms with Crippen molar-refractivity contribution in [3.05, 3.63) is 54.1 Å². The van der Waals surface area contributed by atoms with Gasteiger partial charge in [0.25, 0.3) is 0 Å². The Kier molecular flexibility index (Phi) is 9.20. The van der Waals surface area contributed by atoms with E-state index in [9.17, 15) is 14.9 Å². The molecular weight excluding hydrogens is 466 g/mol. The molecule has 0 N–H and O–H groups in total. The summed E-state index contributed by atoms with van der Waals surface area (Å²) < 4.78 is 11.7. The fourth-order valence-electron chi connectivity index (χ4n) is 4.47. The lowest BCUT2D eigenvalue weighted by molar-refractivity contribution is -0.129. The fraction of sp³-hybridized carbons (Fsp3) is 0.500. The molecule has 1 aliphatic rings. The van der Waals surface area contributed by atoms with Crippen molar-refractivity contribution in [2.75, 3.05) is 20.1 Å². The van der Waals surface area contributed by atoms with Gasteiger partial charge in [0.2, 0.25) is 5.91 Å². The molecule has 1 unspecified atom stereocenters. The van der Waals surface area contributed by atoms with Crippen molar-refractivity contribution < 1.29 is 19.1 Å². The molecule has 0 spiro atoms. The second kappa shape index (κ2) is 12.1. The molecular formula is C30H39N3O4. The molecule has 37 heavy (non-hydrogen) atoms. The Labute approximate surface area is 221 Å². The van der Waals surface area contributed by atoms with Crippen LogP contribution in [-0.4, -0.2) is 53.6 Å². The summed E-state index contributed by atoms with van der Waals surface area (Å²) in [5.41, 5.74) is 2.45. The average molecular weight is 506 g/mol. The van der Waals surface area contributed by atoms with Gasteiger partial charge in [0.15, 0.2) is 6.19 Å². The molecule has 3 rings (SSSR count). The number of carbonyl (C=O) groups excluding carboxylic acids is 2. The van der Waals surface area contributed by atoms with Crippen LogP contribution in [0, 0.1) is 17.4 Å². The third-order valence-corrected chi connectivity index (χ3v) is 6.36. The van der Waals surface area contributed by atoms with Crippen molar-refractivity contribution in [3.63, 3.8) is 0 Å². The minimum Gasteiger partial charge on any atom is -0.490 e. The molecule has 1 aliphatic heterocycles. The van der Waals surface area contributed by atoms with Crippen molar-refractivity contribution in [1.29, 1.82) is 5.26 Å². The van der Waals surface area contributed by atoms with Gasteiger partial charge in [-0.25, -0.2) is 4.79 Å². The van der Waals surface area contributed by atoms with E-state index in [0.717, 1.165) is 40.2 Å². The van der Waals surface area contributed by atoms with Crippen LogP contribution in [0.2, 0.25) is 0 Å². The number of ether oxygens (including phenoxy) is 2. The number of hydrogen-bond acceptors (Lipinski definition) is 5. The Bertz CT molecular complexity index is 1110. The van der Waals surface area contributed by atoms with Crippen LogP contribution in [0.25, 0.3) is 11.1 Å². The van der Waals surface area contributed by atoms with Gasteiger partial charge in [-0.15, -0.1) is 0 Å². The van der Waals surface area contributed by atoms with E-state index in [1.165, 1.54) is 7.05 Å². The maximum Gasteiger partial charge on any atom is 0.410 e. The van der Waals surface area contributed by atoms with Crippen LogP contribution in [-0.2, 0) is 9.53 Å². The van der Waals surface area contributed by atoms with E-state index in [1.807, 2.05) is 75.5 Å². The lowest BCUT2D eigenvalue weighted by Crippen LogP contribution is -2.44. The monoisotopic (exact) mass is 505 g/mol. The number of rotatable bonds is 7. The molecule has 0 saturated carbocycles. The summed E-state index contributed by atoms with van der Waals surface area (Å²) in [7, 11) is 1.51. The molecule has 1 fully saturated rings. The predicted molar refractivity (Wildman–Crippen MR) is 144 cm³/mol. The normalized spacial score (nSPS) is 15.1. The van der Waals surface area contributed by atoms with Crippen molar-refractivity contribution in [1.82, 2.24) is 9.80 Å². The quantitative estimate of drug-likeness (QED) is 0.330. The van der Waals surface area contributed by atoms with Gasteiger partial charge in [0.05, 0.1) is 5.92 Å². The zero-order valence-corrected chi connectivity index (χ0v) is 22.9. The Hall–Kier alpha value is -3.53. The molecule has 2 amide bonds. The van der Waals surface area contributed by atoms with E-state index >= 15 is 0 Å². The van der Waals surface area contributed by atoms with Crippen LogP contribution in [0.4, 0.5) is 4.79 Å². The Balaban J connectivity index is 1.65. The first-order valence-electron chi connectivity index (χ1n) is 13.0. The fourth-order valence-corrected chi connectivity index (χ4v) is 4.47. The van der Waals surface area contributed by atoms with Crippen molar-refractivity contribution >= 4 is 12.0 Å². The number of hydrogen-bond donors (Lipinski definition) is 0. The first kappa shape index (κ1) is 28.0. The SMILES string of the molecule is CC(C)CC(C(=O)N(C)C#N)c1cccc(-c2ccc(OC3CCN(C(=O)OC(C)(C)C)CC3)cc2)c1. The van der Waals surface area contributed by atoms with Gasteiger partial charge in [-0.2, -0.15) is 5.26 Å². The number of carbonyl (C=O) groups is 2. The second-order valence-corrected chi connectivity index (χ2v) is 11.1. The van der Waals surface area contributed by atoms with Gasteiger partial charge in [-0.3, -0.25) is 9.69 Å². The molecule has 1 saturated heterocycles. The molecule has 7 nitrogen and oxygen atoms in total. The molecule has 0 bridgehead atoms. The standard InChI is InChI=1S/C30H39N3O4/c1-21(2)18-27(28(34)32(6)20-31)24-9-7-8-23(19-24)22-10-12-25(13-11-22)36-26-14-16-33(17-15-26)29(35)37-30(3,4)5/h7-13,19,21,26-27H,14-18H2,1-6H3. The molecule has 0 radical (unpaired) electrons. The van der Waals surface area contributed by atoms with Crippen molar-refractivity contribution in [2.24, 2.45) is 5.92 Å². The summed E-state index contributed by atoms with van der Waals surface area (Å²) in [4.78, 5) is 28.0. The second-order valence-electron chi connectivity index (χ2n) is 11.1. The summed E-state index contributed by atoms with van der Waals surface area (Å²) in [6, 6.07) is 15.9. The average Bonchev–Trinajstić information content (AvgIpc) is 2.86. The molecule has 7 heteroatoms. The third kappa shape index (κ3) is 7.98. The summed E-state index contributed by atoms with van der Waals surface area (Å²) in [6.07, 6.45) is 3.90. The number of likely N-dealkylation sites (tertiary alicyclic amines) is 1. The van der Waals surface area contributed by atoms with Crippen LogP contribution in [0.1, 0.15) is 65.4 Å². The Morgan fingerprint density at radius 1 is 1.08 bits per heavy atom. The molecule has 1 heterocycles. The van der Waals surface area contributed by atoms with Crippen LogP contribution >= 0.6 is 0 Å². The number of benzene rings is 2. The molecule has 0 aromatic heterocycles. The highest BCUT2D eigenvalue weighted by Crippen LogP contribution is 2.31. The number of likely N-dealkylation sites (N-methyl/N-ethyl adjacent to an activating group) is 1. The van der Waals surface area contributed by atoms with Crippen LogP contribution in [0.3, 0.4) is 0 Å². The molecule has 1 atom stereocenters. The molecule has 198 valence electrons. The number of nitriles is 1. The first-order valence-corrected chi connectivity index (χ1v) is 13.0. The van der Waals surface area contributed by atoms with Crippen LogP contribution in [0.15, 0.2) is 48.5 Å². The first-order chi connectivity index (χ1) is 17.5. The molecule has 2 aromatic rings. The van der Waals surface area contributed by atoms with Gasteiger partial charge in [-0.05, 0) is 61.9 Å². The third-order valence-electron chi connectivity index (χ3n) is 6.36. The van der Waals surface area contributed by atoms with Crippen molar-refractivity contribution in [2.45, 2.75) is 71.5 Å². The number of nitrogens with zero attached hydrogens (tertiary/aromatic N) is 3. The van der Waals surface area contributed by atoms with Gasteiger partial charge in [-0.1, -0.05) is 50.2 Å². The lowest BCUT2D eigenvalue weighted by Gasteiger charge is -2.33. The summed E-state index contributed by atoms with van der Waals surface area (Å²) in [5, 5.41) is 9.21.